The molecule has 1 atom stereocenters. The summed E-state index contributed by atoms with van der Waals surface area (Å²) in [6.07, 6.45) is 3.64. The molecule has 0 aromatic heterocycles. The van der Waals surface area contributed by atoms with Crippen molar-refractivity contribution in [3.8, 4) is 0 Å². The molecule has 1 aliphatic carbocycles. The maximum Gasteiger partial charge on any atom is 0.0404 e. The van der Waals surface area contributed by atoms with Crippen LogP contribution in [0.3, 0.4) is 0 Å². The quantitative estimate of drug-likeness (QED) is 0.686. The predicted octanol–water partition coefficient (Wildman–Crippen LogP) is 4.40. The van der Waals surface area contributed by atoms with Crippen molar-refractivity contribution in [2.75, 3.05) is 0 Å². The Morgan fingerprint density at radius 3 is 2.62 bits per heavy atom. The van der Waals surface area contributed by atoms with Crippen LogP contribution in [0.25, 0.3) is 10.8 Å². The molecular formula is C15H15Cl. The van der Waals surface area contributed by atoms with Gasteiger partial charge in [0, 0.05) is 5.38 Å². The highest BCUT2D eigenvalue weighted by atomic mass is 35.5. The molecular weight excluding hydrogens is 216 g/mol. The second-order valence-corrected chi connectivity index (χ2v) is 5.26. The molecule has 16 heavy (non-hydrogen) atoms. The van der Waals surface area contributed by atoms with E-state index in [0.29, 0.717) is 5.38 Å². The van der Waals surface area contributed by atoms with E-state index in [9.17, 15) is 0 Å². The lowest BCUT2D eigenvalue weighted by molar-refractivity contribution is 0.740. The van der Waals surface area contributed by atoms with Gasteiger partial charge in [-0.1, -0.05) is 42.5 Å². The Balaban J connectivity index is 1.95. The lowest BCUT2D eigenvalue weighted by Gasteiger charge is -2.10. The van der Waals surface area contributed by atoms with Crippen LogP contribution in [0, 0.1) is 5.92 Å². The number of hydrogen-bond donors (Lipinski definition) is 0. The fraction of sp³-hybridized carbons (Fsp3) is 0.333. The molecule has 82 valence electrons. The van der Waals surface area contributed by atoms with Crippen molar-refractivity contribution in [1.82, 2.24) is 0 Å². The summed E-state index contributed by atoms with van der Waals surface area (Å²) in [6, 6.07) is 15.1. The number of rotatable bonds is 3. The summed E-state index contributed by atoms with van der Waals surface area (Å²) in [5.41, 5.74) is 1.39. The number of halogens is 1. The van der Waals surface area contributed by atoms with Crippen molar-refractivity contribution >= 4 is 22.4 Å². The van der Waals surface area contributed by atoms with Crippen molar-refractivity contribution in [2.24, 2.45) is 5.92 Å². The molecule has 3 rings (SSSR count). The smallest absolute Gasteiger partial charge is 0.0404 e. The summed E-state index contributed by atoms with van der Waals surface area (Å²) in [4.78, 5) is 0. The molecule has 2 aromatic rings. The van der Waals surface area contributed by atoms with Crippen LogP contribution in [0.1, 0.15) is 18.4 Å². The van der Waals surface area contributed by atoms with E-state index in [1.807, 2.05) is 0 Å². The molecule has 1 heteroatoms. The van der Waals surface area contributed by atoms with Crippen molar-refractivity contribution in [2.45, 2.75) is 24.6 Å². The van der Waals surface area contributed by atoms with E-state index in [1.54, 1.807) is 0 Å². The van der Waals surface area contributed by atoms with Crippen LogP contribution in [0.15, 0.2) is 42.5 Å². The zero-order valence-corrected chi connectivity index (χ0v) is 9.95. The lowest BCUT2D eigenvalue weighted by Crippen LogP contribution is -2.05. The molecule has 0 radical (unpaired) electrons. The first-order valence-electron chi connectivity index (χ1n) is 5.95. The van der Waals surface area contributed by atoms with Gasteiger partial charge < -0.3 is 0 Å². The van der Waals surface area contributed by atoms with Gasteiger partial charge in [-0.15, -0.1) is 11.6 Å². The van der Waals surface area contributed by atoms with E-state index in [1.165, 1.54) is 29.2 Å². The van der Waals surface area contributed by atoms with Crippen LogP contribution in [-0.2, 0) is 6.42 Å². The number of fused-ring (bicyclic) bond motifs is 1. The molecule has 0 heterocycles. The van der Waals surface area contributed by atoms with Gasteiger partial charge in [0.05, 0.1) is 0 Å². The van der Waals surface area contributed by atoms with Crippen molar-refractivity contribution < 1.29 is 0 Å². The van der Waals surface area contributed by atoms with Gasteiger partial charge in [0.1, 0.15) is 0 Å². The van der Waals surface area contributed by atoms with Gasteiger partial charge in [0.15, 0.2) is 0 Å². The third kappa shape index (κ3) is 1.94. The maximum atomic E-state index is 6.41. The number of benzene rings is 2. The molecule has 0 bridgehead atoms. The summed E-state index contributed by atoms with van der Waals surface area (Å²) in [5, 5.41) is 3.00. The summed E-state index contributed by atoms with van der Waals surface area (Å²) < 4.78 is 0. The highest BCUT2D eigenvalue weighted by Crippen LogP contribution is 2.37. The Kier molecular flexibility index (Phi) is 2.61. The molecule has 0 amide bonds. The summed E-state index contributed by atoms with van der Waals surface area (Å²) in [6.45, 7) is 0. The SMILES string of the molecule is ClC(Cc1cccc2ccccc12)C1CC1. The Labute approximate surface area is 101 Å². The third-order valence-electron chi connectivity index (χ3n) is 3.43. The van der Waals surface area contributed by atoms with Gasteiger partial charge in [0.25, 0.3) is 0 Å². The molecule has 0 nitrogen and oxygen atoms in total. The highest BCUT2D eigenvalue weighted by Gasteiger charge is 2.29. The van der Waals surface area contributed by atoms with E-state index < -0.39 is 0 Å². The van der Waals surface area contributed by atoms with Crippen LogP contribution < -0.4 is 0 Å². The third-order valence-corrected chi connectivity index (χ3v) is 3.94. The van der Waals surface area contributed by atoms with Gasteiger partial charge in [-0.2, -0.15) is 0 Å². The first-order chi connectivity index (χ1) is 7.84. The van der Waals surface area contributed by atoms with E-state index in [0.717, 1.165) is 12.3 Å². The molecule has 0 N–H and O–H groups in total. The van der Waals surface area contributed by atoms with Crippen LogP contribution >= 0.6 is 11.6 Å². The van der Waals surface area contributed by atoms with Crippen molar-refractivity contribution in [3.63, 3.8) is 0 Å². The van der Waals surface area contributed by atoms with Crippen LogP contribution in [0.2, 0.25) is 0 Å². The van der Waals surface area contributed by atoms with Crippen LogP contribution in [-0.4, -0.2) is 5.38 Å². The second-order valence-electron chi connectivity index (χ2n) is 4.70. The van der Waals surface area contributed by atoms with Crippen molar-refractivity contribution in [1.29, 1.82) is 0 Å². The average molecular weight is 231 g/mol. The summed E-state index contributed by atoms with van der Waals surface area (Å²) in [7, 11) is 0. The topological polar surface area (TPSA) is 0 Å². The molecule has 0 spiro atoms. The zero-order valence-electron chi connectivity index (χ0n) is 9.20. The Morgan fingerprint density at radius 1 is 1.06 bits per heavy atom. The fourth-order valence-electron chi connectivity index (χ4n) is 2.31. The maximum absolute atomic E-state index is 6.41. The van der Waals surface area contributed by atoms with Crippen molar-refractivity contribution in [3.05, 3.63) is 48.0 Å². The standard InChI is InChI=1S/C15H15Cl/c16-15(12-8-9-12)10-13-6-3-5-11-4-1-2-7-14(11)13/h1-7,12,15H,8-10H2. The predicted molar refractivity (Wildman–Crippen MR) is 70.0 cm³/mol. The molecule has 1 unspecified atom stereocenters. The second kappa shape index (κ2) is 4.10. The summed E-state index contributed by atoms with van der Waals surface area (Å²) in [5.74, 6) is 0.764. The minimum absolute atomic E-state index is 0.325. The van der Waals surface area contributed by atoms with Gasteiger partial charge >= 0.3 is 0 Å². The van der Waals surface area contributed by atoms with Crippen LogP contribution in [0.4, 0.5) is 0 Å². The lowest BCUT2D eigenvalue weighted by atomic mass is 9.99. The minimum atomic E-state index is 0.325. The largest absolute Gasteiger partial charge is 0.122 e. The highest BCUT2D eigenvalue weighted by molar-refractivity contribution is 6.21. The van der Waals surface area contributed by atoms with Gasteiger partial charge in [-0.3, -0.25) is 0 Å². The normalized spacial score (nSPS) is 17.6. The number of alkyl halides is 1. The molecule has 1 aliphatic rings. The van der Waals surface area contributed by atoms with E-state index in [4.69, 9.17) is 11.6 Å². The van der Waals surface area contributed by atoms with E-state index >= 15 is 0 Å². The molecule has 0 aliphatic heterocycles. The Bertz CT molecular complexity index is 494. The molecule has 2 aromatic carbocycles. The van der Waals surface area contributed by atoms with Gasteiger partial charge in [-0.25, -0.2) is 0 Å². The van der Waals surface area contributed by atoms with E-state index in [-0.39, 0.29) is 0 Å². The first-order valence-corrected chi connectivity index (χ1v) is 6.39. The molecule has 1 fully saturated rings. The average Bonchev–Trinajstić information content (AvgIpc) is 3.13. The Hall–Kier alpha value is -1.01. The van der Waals surface area contributed by atoms with E-state index in [2.05, 4.69) is 42.5 Å². The van der Waals surface area contributed by atoms with Crippen LogP contribution in [0.5, 0.6) is 0 Å². The molecule has 1 saturated carbocycles. The minimum Gasteiger partial charge on any atom is -0.122 e. The number of hydrogen-bond acceptors (Lipinski definition) is 0. The molecule has 0 saturated heterocycles. The van der Waals surface area contributed by atoms with Gasteiger partial charge in [-0.05, 0) is 41.5 Å². The fourth-order valence-corrected chi connectivity index (χ4v) is 2.72. The first kappa shape index (κ1) is 10.2. The Morgan fingerprint density at radius 2 is 1.81 bits per heavy atom. The monoisotopic (exact) mass is 230 g/mol. The zero-order chi connectivity index (χ0) is 11.0. The summed E-state index contributed by atoms with van der Waals surface area (Å²) >= 11 is 6.41. The van der Waals surface area contributed by atoms with Gasteiger partial charge in [0.2, 0.25) is 0 Å².